The molecule has 1 aromatic heterocycles. The van der Waals surface area contributed by atoms with E-state index in [-0.39, 0.29) is 17.5 Å². The van der Waals surface area contributed by atoms with Crippen LogP contribution in [0.1, 0.15) is 24.2 Å². The van der Waals surface area contributed by atoms with Gasteiger partial charge in [-0.3, -0.25) is 4.79 Å². The Morgan fingerprint density at radius 1 is 1.32 bits per heavy atom. The summed E-state index contributed by atoms with van der Waals surface area (Å²) < 4.78 is 37.4. The van der Waals surface area contributed by atoms with E-state index in [1.54, 1.807) is 0 Å². The highest BCUT2D eigenvalue weighted by molar-refractivity contribution is 6.28. The van der Waals surface area contributed by atoms with Crippen LogP contribution in [0.2, 0.25) is 0 Å². The molecule has 2 N–H and O–H groups in total. The highest BCUT2D eigenvalue weighted by Crippen LogP contribution is 2.35. The van der Waals surface area contributed by atoms with Crippen LogP contribution in [0.4, 0.5) is 13.2 Å². The molecule has 0 spiro atoms. The highest BCUT2D eigenvalue weighted by Gasteiger charge is 2.36. The number of amides is 1. The van der Waals surface area contributed by atoms with Gasteiger partial charge in [-0.1, -0.05) is 0 Å². The number of rotatable bonds is 2. The standard InChI is InChI=1S/C12H10F3N3O/c13-12(14,15)9-4-3-7(16-9)5-8-10(6-1-2-6)17-18-11(8)19/h3-6,16H,1-2H2,(H,18,19)/b8-5-. The second kappa shape index (κ2) is 3.97. The lowest BCUT2D eigenvalue weighted by molar-refractivity contribution is -0.140. The van der Waals surface area contributed by atoms with E-state index in [0.29, 0.717) is 11.3 Å². The topological polar surface area (TPSA) is 57.2 Å². The van der Waals surface area contributed by atoms with E-state index in [1.807, 2.05) is 0 Å². The monoisotopic (exact) mass is 269 g/mol. The summed E-state index contributed by atoms with van der Waals surface area (Å²) in [4.78, 5) is 13.8. The molecule has 4 nitrogen and oxygen atoms in total. The third-order valence-corrected chi connectivity index (χ3v) is 3.08. The maximum atomic E-state index is 12.5. The number of aromatic amines is 1. The molecule has 1 aromatic rings. The van der Waals surface area contributed by atoms with Gasteiger partial charge in [0.05, 0.1) is 11.3 Å². The van der Waals surface area contributed by atoms with Crippen molar-refractivity contribution < 1.29 is 18.0 Å². The minimum atomic E-state index is -4.41. The SMILES string of the molecule is O=C1NN=C(C2CC2)/C1=C/c1ccc(C(F)(F)F)[nH]1. The largest absolute Gasteiger partial charge is 0.431 e. The van der Waals surface area contributed by atoms with Crippen LogP contribution in [-0.2, 0) is 11.0 Å². The van der Waals surface area contributed by atoms with Crippen LogP contribution in [0.3, 0.4) is 0 Å². The Kier molecular flexibility index (Phi) is 2.51. The summed E-state index contributed by atoms with van der Waals surface area (Å²) in [5.41, 5.74) is 2.75. The fraction of sp³-hybridized carbons (Fsp3) is 0.333. The summed E-state index contributed by atoms with van der Waals surface area (Å²) in [5.74, 6) is -0.118. The van der Waals surface area contributed by atoms with Crippen LogP contribution in [0.15, 0.2) is 22.8 Å². The van der Waals surface area contributed by atoms with Gasteiger partial charge in [0.25, 0.3) is 5.91 Å². The molecule has 1 fully saturated rings. The second-order valence-corrected chi connectivity index (χ2v) is 4.60. The van der Waals surface area contributed by atoms with Crippen LogP contribution in [0, 0.1) is 5.92 Å². The number of carbonyl (C=O) groups excluding carboxylic acids is 1. The average molecular weight is 269 g/mol. The van der Waals surface area contributed by atoms with Crippen LogP contribution < -0.4 is 5.43 Å². The fourth-order valence-electron chi connectivity index (χ4n) is 1.97. The van der Waals surface area contributed by atoms with Gasteiger partial charge in [0, 0.05) is 11.6 Å². The number of alkyl halides is 3. The maximum absolute atomic E-state index is 12.5. The molecule has 2 aliphatic rings. The lowest BCUT2D eigenvalue weighted by Gasteiger charge is -2.02. The summed E-state index contributed by atoms with van der Waals surface area (Å²) in [5, 5.41) is 3.92. The number of halogens is 3. The van der Waals surface area contributed by atoms with E-state index < -0.39 is 11.9 Å². The van der Waals surface area contributed by atoms with Gasteiger partial charge < -0.3 is 4.98 Å². The summed E-state index contributed by atoms with van der Waals surface area (Å²) >= 11 is 0. The molecular formula is C12H10F3N3O. The van der Waals surface area contributed by atoms with Gasteiger partial charge in [0.1, 0.15) is 5.69 Å². The first-order chi connectivity index (χ1) is 8.95. The highest BCUT2D eigenvalue weighted by atomic mass is 19.4. The smallest absolute Gasteiger partial charge is 0.351 e. The number of nitrogens with zero attached hydrogens (tertiary/aromatic N) is 1. The van der Waals surface area contributed by atoms with Gasteiger partial charge in [-0.25, -0.2) is 5.43 Å². The number of hydrazone groups is 1. The van der Waals surface area contributed by atoms with E-state index >= 15 is 0 Å². The first-order valence-electron chi connectivity index (χ1n) is 5.81. The molecule has 1 aliphatic carbocycles. The van der Waals surface area contributed by atoms with Crippen molar-refractivity contribution in [1.82, 2.24) is 10.4 Å². The Balaban J connectivity index is 1.90. The van der Waals surface area contributed by atoms with Crippen LogP contribution in [0.25, 0.3) is 6.08 Å². The molecule has 0 radical (unpaired) electrons. The molecule has 0 aromatic carbocycles. The van der Waals surface area contributed by atoms with Crippen molar-refractivity contribution in [3.05, 3.63) is 29.1 Å². The minimum absolute atomic E-state index is 0.243. The summed E-state index contributed by atoms with van der Waals surface area (Å²) in [6.45, 7) is 0. The molecule has 100 valence electrons. The first-order valence-corrected chi connectivity index (χ1v) is 5.81. The first kappa shape index (κ1) is 12.0. The van der Waals surface area contributed by atoms with E-state index in [9.17, 15) is 18.0 Å². The molecule has 1 amide bonds. The molecule has 19 heavy (non-hydrogen) atoms. The van der Waals surface area contributed by atoms with Crippen LogP contribution in [0.5, 0.6) is 0 Å². The van der Waals surface area contributed by atoms with Crippen molar-refractivity contribution in [1.29, 1.82) is 0 Å². The van der Waals surface area contributed by atoms with Crippen molar-refractivity contribution in [3.63, 3.8) is 0 Å². The zero-order chi connectivity index (χ0) is 13.6. The number of carbonyl (C=O) groups is 1. The number of H-pyrrole nitrogens is 1. The summed E-state index contributed by atoms with van der Waals surface area (Å²) in [7, 11) is 0. The molecule has 0 unspecified atom stereocenters. The molecule has 0 saturated heterocycles. The van der Waals surface area contributed by atoms with Crippen LogP contribution in [-0.4, -0.2) is 16.6 Å². The van der Waals surface area contributed by atoms with E-state index in [2.05, 4.69) is 15.5 Å². The third-order valence-electron chi connectivity index (χ3n) is 3.08. The zero-order valence-electron chi connectivity index (χ0n) is 9.71. The Labute approximate surface area is 106 Å². The molecular weight excluding hydrogens is 259 g/mol. The molecule has 0 atom stereocenters. The number of hydrogen-bond acceptors (Lipinski definition) is 2. The Morgan fingerprint density at radius 2 is 2.05 bits per heavy atom. The lowest BCUT2D eigenvalue weighted by atomic mass is 10.1. The summed E-state index contributed by atoms with van der Waals surface area (Å²) in [6.07, 6.45) is -1.08. The second-order valence-electron chi connectivity index (χ2n) is 4.60. The molecule has 7 heteroatoms. The Morgan fingerprint density at radius 3 is 2.63 bits per heavy atom. The minimum Gasteiger partial charge on any atom is -0.351 e. The van der Waals surface area contributed by atoms with Crippen molar-refractivity contribution in [2.45, 2.75) is 19.0 Å². The molecule has 2 heterocycles. The quantitative estimate of drug-likeness (QED) is 0.795. The zero-order valence-corrected chi connectivity index (χ0v) is 9.71. The van der Waals surface area contributed by atoms with Gasteiger partial charge in [-0.15, -0.1) is 0 Å². The van der Waals surface area contributed by atoms with Gasteiger partial charge in [0.2, 0.25) is 0 Å². The Hall–Kier alpha value is -2.05. The van der Waals surface area contributed by atoms with E-state index in [1.165, 1.54) is 12.1 Å². The lowest BCUT2D eigenvalue weighted by Crippen LogP contribution is -2.13. The van der Waals surface area contributed by atoms with E-state index in [4.69, 9.17) is 0 Å². The van der Waals surface area contributed by atoms with Crippen LogP contribution >= 0.6 is 0 Å². The number of hydrogen-bond donors (Lipinski definition) is 2. The molecule has 1 saturated carbocycles. The fourth-order valence-corrected chi connectivity index (χ4v) is 1.97. The predicted octanol–water partition coefficient (Wildman–Crippen LogP) is 2.31. The Bertz CT molecular complexity index is 594. The van der Waals surface area contributed by atoms with Crippen molar-refractivity contribution >= 4 is 17.7 Å². The summed E-state index contributed by atoms with van der Waals surface area (Å²) in [6, 6.07) is 2.25. The average Bonchev–Trinajstić information content (AvgIpc) is 2.93. The normalized spacial score (nSPS) is 21.7. The van der Waals surface area contributed by atoms with Crippen molar-refractivity contribution in [3.8, 4) is 0 Å². The van der Waals surface area contributed by atoms with E-state index in [0.717, 1.165) is 18.9 Å². The maximum Gasteiger partial charge on any atom is 0.431 e. The molecule has 3 rings (SSSR count). The third kappa shape index (κ3) is 2.27. The number of nitrogens with one attached hydrogen (secondary N) is 2. The van der Waals surface area contributed by atoms with Crippen molar-refractivity contribution in [2.75, 3.05) is 0 Å². The number of aromatic nitrogens is 1. The van der Waals surface area contributed by atoms with Gasteiger partial charge >= 0.3 is 6.18 Å². The van der Waals surface area contributed by atoms with Gasteiger partial charge in [0.15, 0.2) is 0 Å². The molecule has 0 bridgehead atoms. The van der Waals surface area contributed by atoms with Gasteiger partial charge in [-0.05, 0) is 31.1 Å². The van der Waals surface area contributed by atoms with Crippen molar-refractivity contribution in [2.24, 2.45) is 11.0 Å². The molecule has 1 aliphatic heterocycles. The predicted molar refractivity (Wildman–Crippen MR) is 62.1 cm³/mol. The van der Waals surface area contributed by atoms with Gasteiger partial charge in [-0.2, -0.15) is 18.3 Å².